The number of carbonyl (C=O) groups excluding carboxylic acids is 1. The number of benzene rings is 2. The highest BCUT2D eigenvalue weighted by atomic mass is 19.1. The average Bonchev–Trinajstić information content (AvgIpc) is 2.92. The molecule has 1 heterocycles. The van der Waals surface area contributed by atoms with Gasteiger partial charge in [-0.15, -0.1) is 0 Å². The van der Waals surface area contributed by atoms with Crippen molar-refractivity contribution in [2.24, 2.45) is 0 Å². The monoisotopic (exact) mass is 325 g/mol. The molecule has 2 aromatic carbocycles. The van der Waals surface area contributed by atoms with Gasteiger partial charge in [-0.3, -0.25) is 4.79 Å². The van der Waals surface area contributed by atoms with Crippen LogP contribution in [0.2, 0.25) is 0 Å². The molecule has 0 aliphatic carbocycles. The van der Waals surface area contributed by atoms with E-state index in [1.54, 1.807) is 6.07 Å². The van der Waals surface area contributed by atoms with Gasteiger partial charge in [0.05, 0.1) is 11.0 Å². The summed E-state index contributed by atoms with van der Waals surface area (Å²) in [5.41, 5.74) is 3.96. The van der Waals surface area contributed by atoms with Crippen molar-refractivity contribution < 1.29 is 9.18 Å². The van der Waals surface area contributed by atoms with Crippen molar-refractivity contribution in [2.45, 2.75) is 26.2 Å². The minimum absolute atomic E-state index is 0.0160. The van der Waals surface area contributed by atoms with Gasteiger partial charge in [-0.2, -0.15) is 0 Å². The highest BCUT2D eigenvalue weighted by Gasteiger charge is 2.04. The molecule has 0 fully saturated rings. The van der Waals surface area contributed by atoms with E-state index in [1.807, 2.05) is 25.1 Å². The number of nitrogens with one attached hydrogen (secondary N) is 2. The number of rotatable bonds is 6. The minimum Gasteiger partial charge on any atom is -0.356 e. The molecule has 0 radical (unpaired) electrons. The van der Waals surface area contributed by atoms with Gasteiger partial charge in [0, 0.05) is 13.0 Å². The van der Waals surface area contributed by atoms with E-state index >= 15 is 0 Å². The number of H-pyrrole nitrogens is 1. The predicted octanol–water partition coefficient (Wildman–Crippen LogP) is 3.30. The van der Waals surface area contributed by atoms with Gasteiger partial charge in [-0.25, -0.2) is 9.37 Å². The summed E-state index contributed by atoms with van der Waals surface area (Å²) in [6, 6.07) is 12.4. The maximum absolute atomic E-state index is 13.1. The van der Waals surface area contributed by atoms with Gasteiger partial charge >= 0.3 is 0 Å². The lowest BCUT2D eigenvalue weighted by Gasteiger charge is -2.06. The summed E-state index contributed by atoms with van der Waals surface area (Å²) >= 11 is 0. The van der Waals surface area contributed by atoms with Gasteiger partial charge in [-0.1, -0.05) is 18.2 Å². The first-order valence-corrected chi connectivity index (χ1v) is 8.06. The van der Waals surface area contributed by atoms with E-state index in [-0.39, 0.29) is 11.7 Å². The van der Waals surface area contributed by atoms with Gasteiger partial charge in [-0.05, 0) is 55.2 Å². The Morgan fingerprint density at radius 2 is 2.00 bits per heavy atom. The summed E-state index contributed by atoms with van der Waals surface area (Å²) in [7, 11) is 0. The molecule has 0 spiro atoms. The molecule has 2 N–H and O–H groups in total. The highest BCUT2D eigenvalue weighted by Crippen LogP contribution is 2.13. The topological polar surface area (TPSA) is 57.8 Å². The first-order chi connectivity index (χ1) is 11.6. The molecular formula is C19H20FN3O. The lowest BCUT2D eigenvalue weighted by atomic mass is 10.1. The Labute approximate surface area is 140 Å². The Kier molecular flexibility index (Phi) is 4.89. The Balaban J connectivity index is 1.45. The van der Waals surface area contributed by atoms with Gasteiger partial charge in [0.25, 0.3) is 0 Å². The van der Waals surface area contributed by atoms with Crippen molar-refractivity contribution in [3.05, 3.63) is 65.2 Å². The first kappa shape index (κ1) is 16.2. The number of hydrogen-bond acceptors (Lipinski definition) is 2. The van der Waals surface area contributed by atoms with Crippen molar-refractivity contribution >= 4 is 16.9 Å². The summed E-state index contributed by atoms with van der Waals surface area (Å²) in [5.74, 6) is 0.614. The molecule has 0 aliphatic rings. The van der Waals surface area contributed by atoms with Crippen LogP contribution in [-0.4, -0.2) is 22.4 Å². The fraction of sp³-hybridized carbons (Fsp3) is 0.263. The summed E-state index contributed by atoms with van der Waals surface area (Å²) in [5, 5.41) is 2.91. The van der Waals surface area contributed by atoms with Crippen LogP contribution in [0, 0.1) is 12.7 Å². The lowest BCUT2D eigenvalue weighted by Crippen LogP contribution is -2.25. The molecule has 0 bridgehead atoms. The molecule has 0 atom stereocenters. The van der Waals surface area contributed by atoms with Crippen molar-refractivity contribution in [3.63, 3.8) is 0 Å². The second-order valence-corrected chi connectivity index (χ2v) is 5.90. The van der Waals surface area contributed by atoms with Crippen molar-refractivity contribution in [2.75, 3.05) is 6.54 Å². The van der Waals surface area contributed by atoms with E-state index in [0.717, 1.165) is 34.4 Å². The Morgan fingerprint density at radius 3 is 2.83 bits per heavy atom. The fourth-order valence-electron chi connectivity index (χ4n) is 2.72. The zero-order chi connectivity index (χ0) is 16.9. The van der Waals surface area contributed by atoms with Crippen molar-refractivity contribution in [1.29, 1.82) is 0 Å². The van der Waals surface area contributed by atoms with E-state index in [9.17, 15) is 9.18 Å². The number of aryl methyl sites for hydroxylation is 2. The summed E-state index contributed by atoms with van der Waals surface area (Å²) in [4.78, 5) is 19.5. The standard InChI is InChI=1S/C19H20FN3O/c1-13-22-17-7-5-15(12-18(17)23-13)9-10-21-19(24)8-6-14-3-2-4-16(20)11-14/h2-5,7,11-12H,6,8-10H2,1H3,(H,21,24)(H,22,23). The van der Waals surface area contributed by atoms with Crippen LogP contribution >= 0.6 is 0 Å². The summed E-state index contributed by atoms with van der Waals surface area (Å²) in [6.45, 7) is 2.51. The van der Waals surface area contributed by atoms with Crippen LogP contribution in [0.1, 0.15) is 23.4 Å². The van der Waals surface area contributed by atoms with E-state index in [0.29, 0.717) is 19.4 Å². The maximum atomic E-state index is 13.1. The predicted molar refractivity (Wildman–Crippen MR) is 92.3 cm³/mol. The molecule has 3 aromatic rings. The van der Waals surface area contributed by atoms with Crippen LogP contribution in [0.5, 0.6) is 0 Å². The molecule has 4 nitrogen and oxygen atoms in total. The van der Waals surface area contributed by atoms with Crippen LogP contribution in [0.15, 0.2) is 42.5 Å². The van der Waals surface area contributed by atoms with Crippen LogP contribution in [-0.2, 0) is 17.6 Å². The molecule has 1 aromatic heterocycles. The third-order valence-electron chi connectivity index (χ3n) is 3.93. The largest absolute Gasteiger partial charge is 0.356 e. The number of hydrogen-bond donors (Lipinski definition) is 2. The highest BCUT2D eigenvalue weighted by molar-refractivity contribution is 5.77. The normalized spacial score (nSPS) is 10.9. The number of imidazole rings is 1. The van der Waals surface area contributed by atoms with Gasteiger partial charge < -0.3 is 10.3 Å². The smallest absolute Gasteiger partial charge is 0.220 e. The maximum Gasteiger partial charge on any atom is 0.220 e. The van der Waals surface area contributed by atoms with E-state index in [1.165, 1.54) is 12.1 Å². The zero-order valence-corrected chi connectivity index (χ0v) is 13.6. The Bertz CT molecular complexity index is 857. The number of amides is 1. The Hall–Kier alpha value is -2.69. The van der Waals surface area contributed by atoms with E-state index < -0.39 is 0 Å². The molecule has 0 unspecified atom stereocenters. The van der Waals surface area contributed by atoms with Crippen LogP contribution in [0.4, 0.5) is 4.39 Å². The molecule has 0 aliphatic heterocycles. The quantitative estimate of drug-likeness (QED) is 0.730. The molecule has 1 amide bonds. The molecule has 5 heteroatoms. The third kappa shape index (κ3) is 4.19. The average molecular weight is 325 g/mol. The number of fused-ring (bicyclic) bond motifs is 1. The van der Waals surface area contributed by atoms with Crippen molar-refractivity contribution in [3.8, 4) is 0 Å². The third-order valence-corrected chi connectivity index (χ3v) is 3.93. The first-order valence-electron chi connectivity index (χ1n) is 8.06. The molecule has 3 rings (SSSR count). The summed E-state index contributed by atoms with van der Waals surface area (Å²) in [6.07, 6.45) is 1.67. The van der Waals surface area contributed by atoms with Crippen LogP contribution in [0.3, 0.4) is 0 Å². The van der Waals surface area contributed by atoms with Crippen molar-refractivity contribution in [1.82, 2.24) is 15.3 Å². The zero-order valence-electron chi connectivity index (χ0n) is 13.6. The second kappa shape index (κ2) is 7.25. The number of carbonyl (C=O) groups is 1. The number of nitrogens with zero attached hydrogens (tertiary/aromatic N) is 1. The molecule has 0 saturated heterocycles. The number of aromatic amines is 1. The second-order valence-electron chi connectivity index (χ2n) is 5.90. The number of aromatic nitrogens is 2. The molecule has 0 saturated carbocycles. The molecular weight excluding hydrogens is 305 g/mol. The van der Waals surface area contributed by atoms with Gasteiger partial charge in [0.15, 0.2) is 0 Å². The van der Waals surface area contributed by atoms with Gasteiger partial charge in [0.2, 0.25) is 5.91 Å². The molecule has 24 heavy (non-hydrogen) atoms. The van der Waals surface area contributed by atoms with Crippen LogP contribution < -0.4 is 5.32 Å². The summed E-state index contributed by atoms with van der Waals surface area (Å²) < 4.78 is 13.1. The minimum atomic E-state index is -0.266. The van der Waals surface area contributed by atoms with E-state index in [2.05, 4.69) is 21.4 Å². The van der Waals surface area contributed by atoms with E-state index in [4.69, 9.17) is 0 Å². The number of halogens is 1. The molecule has 124 valence electrons. The fourth-order valence-corrected chi connectivity index (χ4v) is 2.72. The SMILES string of the molecule is Cc1nc2ccc(CCNC(=O)CCc3cccc(F)c3)cc2[nH]1. The Morgan fingerprint density at radius 1 is 1.17 bits per heavy atom. The van der Waals surface area contributed by atoms with Gasteiger partial charge in [0.1, 0.15) is 11.6 Å². The lowest BCUT2D eigenvalue weighted by molar-refractivity contribution is -0.121. The van der Waals surface area contributed by atoms with Crippen LogP contribution in [0.25, 0.3) is 11.0 Å².